The van der Waals surface area contributed by atoms with E-state index in [0.29, 0.717) is 24.3 Å². The van der Waals surface area contributed by atoms with E-state index >= 15 is 0 Å². The number of rotatable bonds is 6. The van der Waals surface area contributed by atoms with Crippen LogP contribution in [0.15, 0.2) is 48.9 Å². The fraction of sp³-hybridized carbons (Fsp3) is 0.316. The minimum absolute atomic E-state index is 0.160. The average Bonchev–Trinajstić information content (AvgIpc) is 3.03. The number of pyridine rings is 1. The van der Waals surface area contributed by atoms with Gasteiger partial charge in [-0.25, -0.2) is 9.97 Å². The Bertz CT molecular complexity index is 855. The van der Waals surface area contributed by atoms with E-state index < -0.39 is 0 Å². The van der Waals surface area contributed by atoms with Gasteiger partial charge in [0.25, 0.3) is 5.91 Å². The zero-order valence-corrected chi connectivity index (χ0v) is 14.4. The van der Waals surface area contributed by atoms with Crippen LogP contribution in [-0.4, -0.2) is 38.2 Å². The van der Waals surface area contributed by atoms with E-state index in [1.54, 1.807) is 25.5 Å². The fourth-order valence-corrected chi connectivity index (χ4v) is 2.84. The Morgan fingerprint density at radius 1 is 1.20 bits per heavy atom. The first-order chi connectivity index (χ1) is 12.0. The van der Waals surface area contributed by atoms with E-state index in [-0.39, 0.29) is 17.9 Å². The lowest BCUT2D eigenvalue weighted by Gasteiger charge is -2.14. The van der Waals surface area contributed by atoms with E-state index in [4.69, 9.17) is 0 Å². The van der Waals surface area contributed by atoms with Crippen LogP contribution in [0.5, 0.6) is 0 Å². The molecule has 2 atom stereocenters. The molecule has 0 spiro atoms. The molecule has 1 amide bonds. The van der Waals surface area contributed by atoms with Crippen molar-refractivity contribution in [2.75, 3.05) is 6.54 Å². The van der Waals surface area contributed by atoms with E-state index in [2.05, 4.69) is 15.3 Å². The molecule has 0 aliphatic heterocycles. The molecule has 130 valence electrons. The number of aliphatic hydroxyl groups excluding tert-OH is 1. The van der Waals surface area contributed by atoms with Crippen molar-refractivity contribution in [1.29, 1.82) is 0 Å². The smallest absolute Gasteiger partial charge is 0.252 e. The molecule has 0 saturated heterocycles. The highest BCUT2D eigenvalue weighted by atomic mass is 16.3. The quantitative estimate of drug-likeness (QED) is 0.724. The number of para-hydroxylation sites is 2. The van der Waals surface area contributed by atoms with Crippen molar-refractivity contribution in [2.45, 2.75) is 26.4 Å². The van der Waals surface area contributed by atoms with Gasteiger partial charge in [-0.1, -0.05) is 19.1 Å². The van der Waals surface area contributed by atoms with Crippen LogP contribution < -0.4 is 5.32 Å². The Balaban J connectivity index is 1.69. The summed E-state index contributed by atoms with van der Waals surface area (Å²) in [5, 5.41) is 12.2. The highest BCUT2D eigenvalue weighted by Crippen LogP contribution is 2.16. The van der Waals surface area contributed by atoms with Gasteiger partial charge in [-0.2, -0.15) is 0 Å². The van der Waals surface area contributed by atoms with Crippen LogP contribution in [0.3, 0.4) is 0 Å². The summed E-state index contributed by atoms with van der Waals surface area (Å²) in [5.41, 5.74) is 2.38. The van der Waals surface area contributed by atoms with Crippen molar-refractivity contribution in [3.05, 3.63) is 54.5 Å². The molecule has 6 heteroatoms. The number of imidazole rings is 1. The number of carbonyl (C=O) groups excluding carboxylic acids is 1. The van der Waals surface area contributed by atoms with Gasteiger partial charge in [0.05, 0.1) is 22.7 Å². The minimum atomic E-state index is -0.363. The molecule has 0 aliphatic rings. The molecule has 2 aromatic heterocycles. The number of nitrogens with one attached hydrogen (secondary N) is 1. The summed E-state index contributed by atoms with van der Waals surface area (Å²) >= 11 is 0. The van der Waals surface area contributed by atoms with Gasteiger partial charge in [-0.15, -0.1) is 0 Å². The van der Waals surface area contributed by atoms with Crippen LogP contribution in [0.4, 0.5) is 0 Å². The summed E-state index contributed by atoms with van der Waals surface area (Å²) in [4.78, 5) is 21.0. The van der Waals surface area contributed by atoms with Crippen LogP contribution >= 0.6 is 0 Å². The maximum absolute atomic E-state index is 12.2. The predicted octanol–water partition coefficient (Wildman–Crippen LogP) is 2.56. The molecule has 3 rings (SSSR count). The Morgan fingerprint density at radius 3 is 2.72 bits per heavy atom. The summed E-state index contributed by atoms with van der Waals surface area (Å²) in [6.45, 7) is 4.27. The van der Waals surface area contributed by atoms with Crippen LogP contribution in [0, 0.1) is 5.92 Å². The number of carbonyl (C=O) groups is 1. The first-order valence-electron chi connectivity index (χ1n) is 8.39. The van der Waals surface area contributed by atoms with Crippen molar-refractivity contribution >= 4 is 16.9 Å². The Morgan fingerprint density at radius 2 is 2.00 bits per heavy atom. The van der Waals surface area contributed by atoms with Gasteiger partial charge in [-0.3, -0.25) is 9.36 Å². The van der Waals surface area contributed by atoms with E-state index in [0.717, 1.165) is 11.0 Å². The topological polar surface area (TPSA) is 80.0 Å². The average molecular weight is 338 g/mol. The molecule has 6 nitrogen and oxygen atoms in total. The van der Waals surface area contributed by atoms with Crippen molar-refractivity contribution in [2.24, 2.45) is 5.92 Å². The van der Waals surface area contributed by atoms with Crippen LogP contribution in [0.1, 0.15) is 30.6 Å². The van der Waals surface area contributed by atoms with Gasteiger partial charge in [0.1, 0.15) is 12.1 Å². The number of aromatic nitrogens is 3. The molecular weight excluding hydrogens is 316 g/mol. The predicted molar refractivity (Wildman–Crippen MR) is 96.7 cm³/mol. The molecule has 2 heterocycles. The second kappa shape index (κ2) is 7.44. The third-order valence-corrected chi connectivity index (χ3v) is 4.06. The summed E-state index contributed by atoms with van der Waals surface area (Å²) in [7, 11) is 0. The lowest BCUT2D eigenvalue weighted by molar-refractivity contribution is 0.0939. The normalized spacial score (nSPS) is 13.6. The number of amides is 1. The molecule has 0 bridgehead atoms. The number of benzene rings is 1. The lowest BCUT2D eigenvalue weighted by Crippen LogP contribution is -2.29. The lowest BCUT2D eigenvalue weighted by atomic mass is 10.0. The standard InChI is InChI=1S/C19H22N4O2/c1-13(9-14(2)24)10-21-19(25)15-7-8-18(20-11-15)23-12-22-16-5-3-4-6-17(16)23/h3-8,11-14,24H,9-10H2,1-2H3,(H,21,25). The molecule has 0 saturated carbocycles. The van der Waals surface area contributed by atoms with Gasteiger partial charge in [0, 0.05) is 12.7 Å². The fourth-order valence-electron chi connectivity index (χ4n) is 2.84. The third kappa shape index (κ3) is 4.03. The number of aliphatic hydroxyl groups is 1. The summed E-state index contributed by atoms with van der Waals surface area (Å²) in [6.07, 6.45) is 3.59. The molecule has 0 fully saturated rings. The van der Waals surface area contributed by atoms with Gasteiger partial charge < -0.3 is 10.4 Å². The van der Waals surface area contributed by atoms with Crippen LogP contribution in [0.25, 0.3) is 16.9 Å². The van der Waals surface area contributed by atoms with E-state index in [9.17, 15) is 9.90 Å². The van der Waals surface area contributed by atoms with Gasteiger partial charge in [-0.05, 0) is 43.5 Å². The zero-order chi connectivity index (χ0) is 17.8. The molecule has 0 aliphatic carbocycles. The van der Waals surface area contributed by atoms with Crippen molar-refractivity contribution in [3.8, 4) is 5.82 Å². The summed E-state index contributed by atoms with van der Waals surface area (Å²) < 4.78 is 1.89. The molecule has 3 aromatic rings. The first kappa shape index (κ1) is 17.1. The molecule has 2 unspecified atom stereocenters. The Labute approximate surface area is 146 Å². The summed E-state index contributed by atoms with van der Waals surface area (Å²) in [5.74, 6) is 0.771. The summed E-state index contributed by atoms with van der Waals surface area (Å²) in [6, 6.07) is 11.4. The van der Waals surface area contributed by atoms with Crippen molar-refractivity contribution in [1.82, 2.24) is 19.9 Å². The number of nitrogens with zero attached hydrogens (tertiary/aromatic N) is 3. The van der Waals surface area contributed by atoms with E-state index in [1.807, 2.05) is 41.8 Å². The Hall–Kier alpha value is -2.73. The largest absolute Gasteiger partial charge is 0.393 e. The molecular formula is C19H22N4O2. The van der Waals surface area contributed by atoms with Gasteiger partial charge in [0.2, 0.25) is 0 Å². The number of hydrogen-bond donors (Lipinski definition) is 2. The van der Waals surface area contributed by atoms with Crippen LogP contribution in [-0.2, 0) is 0 Å². The van der Waals surface area contributed by atoms with E-state index in [1.165, 1.54) is 0 Å². The minimum Gasteiger partial charge on any atom is -0.393 e. The third-order valence-electron chi connectivity index (χ3n) is 4.06. The monoisotopic (exact) mass is 338 g/mol. The highest BCUT2D eigenvalue weighted by Gasteiger charge is 2.11. The molecule has 25 heavy (non-hydrogen) atoms. The zero-order valence-electron chi connectivity index (χ0n) is 14.4. The van der Waals surface area contributed by atoms with Crippen LogP contribution in [0.2, 0.25) is 0 Å². The molecule has 2 N–H and O–H groups in total. The van der Waals surface area contributed by atoms with Gasteiger partial charge in [0.15, 0.2) is 0 Å². The van der Waals surface area contributed by atoms with Gasteiger partial charge >= 0.3 is 0 Å². The van der Waals surface area contributed by atoms with Crippen molar-refractivity contribution < 1.29 is 9.90 Å². The Kier molecular flexibility index (Phi) is 5.09. The maximum atomic E-state index is 12.2. The number of fused-ring (bicyclic) bond motifs is 1. The highest BCUT2D eigenvalue weighted by molar-refractivity contribution is 5.94. The SMILES string of the molecule is CC(O)CC(C)CNC(=O)c1ccc(-n2cnc3ccccc32)nc1. The second-order valence-corrected chi connectivity index (χ2v) is 6.41. The second-order valence-electron chi connectivity index (χ2n) is 6.41. The molecule has 0 radical (unpaired) electrons. The molecule has 1 aromatic carbocycles. The van der Waals surface area contributed by atoms with Crippen molar-refractivity contribution in [3.63, 3.8) is 0 Å². The first-order valence-corrected chi connectivity index (χ1v) is 8.39. The maximum Gasteiger partial charge on any atom is 0.252 e. The number of hydrogen-bond acceptors (Lipinski definition) is 4.